The Kier molecular flexibility index (Phi) is 5.21. The number of imidazole rings is 1. The van der Waals surface area contributed by atoms with Crippen molar-refractivity contribution in [1.82, 2.24) is 19.4 Å². The Morgan fingerprint density at radius 2 is 1.88 bits per heavy atom. The van der Waals surface area contributed by atoms with Crippen molar-refractivity contribution in [2.75, 3.05) is 37.8 Å². The second-order valence-corrected chi connectivity index (χ2v) is 8.57. The van der Waals surface area contributed by atoms with Crippen LogP contribution in [-0.2, 0) is 15.9 Å². The van der Waals surface area contributed by atoms with E-state index in [9.17, 15) is 0 Å². The molecule has 9 heteroatoms. The molecule has 0 radical (unpaired) electrons. The minimum Gasteiger partial charge on any atom is -0.378 e. The lowest BCUT2D eigenvalue weighted by molar-refractivity contribution is 0.0654. The van der Waals surface area contributed by atoms with E-state index in [1.807, 2.05) is 28.7 Å². The number of morpholine rings is 1. The third kappa shape index (κ3) is 3.74. The van der Waals surface area contributed by atoms with Crippen molar-refractivity contribution < 1.29 is 13.9 Å². The number of anilines is 1. The summed E-state index contributed by atoms with van der Waals surface area (Å²) in [5, 5.41) is 0.640. The van der Waals surface area contributed by atoms with Crippen LogP contribution in [-0.4, -0.2) is 52.3 Å². The first kappa shape index (κ1) is 20.5. The zero-order chi connectivity index (χ0) is 22.4. The van der Waals surface area contributed by atoms with Gasteiger partial charge in [-0.3, -0.25) is 4.40 Å². The smallest absolute Gasteiger partial charge is 0.225 e. The van der Waals surface area contributed by atoms with Gasteiger partial charge in [-0.05, 0) is 17.7 Å². The maximum absolute atomic E-state index is 15.1. The second-order valence-electron chi connectivity index (χ2n) is 8.13. The molecule has 6 rings (SSSR count). The monoisotopic (exact) mass is 465 g/mol. The van der Waals surface area contributed by atoms with Crippen LogP contribution in [0.5, 0.6) is 0 Å². The summed E-state index contributed by atoms with van der Waals surface area (Å²) in [6.45, 7) is 3.33. The summed E-state index contributed by atoms with van der Waals surface area (Å²) in [5.74, 6) is 0.255. The third-order valence-electron chi connectivity index (χ3n) is 6.09. The van der Waals surface area contributed by atoms with Gasteiger partial charge < -0.3 is 14.4 Å². The zero-order valence-corrected chi connectivity index (χ0v) is 18.5. The van der Waals surface area contributed by atoms with Gasteiger partial charge in [0.1, 0.15) is 17.6 Å². The molecule has 7 nitrogen and oxygen atoms in total. The molecule has 3 aromatic heterocycles. The zero-order valence-electron chi connectivity index (χ0n) is 17.7. The van der Waals surface area contributed by atoms with Crippen molar-refractivity contribution in [1.29, 1.82) is 0 Å². The number of aromatic nitrogens is 4. The van der Waals surface area contributed by atoms with Crippen molar-refractivity contribution in [2.45, 2.75) is 12.5 Å². The van der Waals surface area contributed by atoms with Crippen molar-refractivity contribution >= 4 is 23.2 Å². The number of halogens is 2. The molecule has 1 aromatic carbocycles. The predicted octanol–water partition coefficient (Wildman–Crippen LogP) is 4.08. The summed E-state index contributed by atoms with van der Waals surface area (Å²) in [6.07, 6.45) is 5.42. The molecule has 4 aromatic rings. The van der Waals surface area contributed by atoms with E-state index >= 15 is 4.39 Å². The van der Waals surface area contributed by atoms with E-state index in [-0.39, 0.29) is 11.9 Å². The molecule has 0 amide bonds. The van der Waals surface area contributed by atoms with E-state index in [4.69, 9.17) is 21.1 Å². The van der Waals surface area contributed by atoms with Gasteiger partial charge >= 0.3 is 0 Å². The number of hydrogen-bond donors (Lipinski definition) is 0. The Morgan fingerprint density at radius 1 is 1.06 bits per heavy atom. The summed E-state index contributed by atoms with van der Waals surface area (Å²) in [4.78, 5) is 15.7. The molecule has 2 aliphatic heterocycles. The molecule has 168 valence electrons. The molecule has 1 fully saturated rings. The lowest BCUT2D eigenvalue weighted by Gasteiger charge is -2.26. The van der Waals surface area contributed by atoms with Gasteiger partial charge in [-0.25, -0.2) is 19.3 Å². The summed E-state index contributed by atoms with van der Waals surface area (Å²) in [5.41, 5.74) is 4.29. The molecule has 5 heterocycles. The number of benzene rings is 1. The van der Waals surface area contributed by atoms with Gasteiger partial charge in [0.05, 0.1) is 31.2 Å². The van der Waals surface area contributed by atoms with E-state index in [1.54, 1.807) is 18.6 Å². The van der Waals surface area contributed by atoms with Gasteiger partial charge in [0.15, 0.2) is 0 Å². The normalized spacial score (nSPS) is 18.5. The van der Waals surface area contributed by atoms with Crippen LogP contribution in [0.25, 0.3) is 16.8 Å². The number of rotatable bonds is 3. The summed E-state index contributed by atoms with van der Waals surface area (Å²) >= 11 is 6.23. The number of ether oxygens (including phenoxy) is 2. The molecular formula is C24H21ClFN5O2. The Morgan fingerprint density at radius 3 is 2.67 bits per heavy atom. The lowest BCUT2D eigenvalue weighted by Crippen LogP contribution is -2.37. The van der Waals surface area contributed by atoms with Crippen molar-refractivity contribution in [2.24, 2.45) is 0 Å². The van der Waals surface area contributed by atoms with E-state index in [1.165, 1.54) is 6.07 Å². The number of nitrogens with zero attached hydrogens (tertiary/aromatic N) is 5. The minimum atomic E-state index is -0.368. The predicted molar refractivity (Wildman–Crippen MR) is 122 cm³/mol. The Balaban J connectivity index is 1.42. The van der Waals surface area contributed by atoms with Gasteiger partial charge in [0.2, 0.25) is 5.95 Å². The van der Waals surface area contributed by atoms with Gasteiger partial charge in [0.25, 0.3) is 0 Å². The highest BCUT2D eigenvalue weighted by Crippen LogP contribution is 2.35. The quantitative estimate of drug-likeness (QED) is 0.454. The molecule has 2 aliphatic rings. The van der Waals surface area contributed by atoms with E-state index in [2.05, 4.69) is 19.9 Å². The highest BCUT2D eigenvalue weighted by atomic mass is 35.5. The summed E-state index contributed by atoms with van der Waals surface area (Å²) < 4.78 is 28.5. The first-order valence-electron chi connectivity index (χ1n) is 10.9. The highest BCUT2D eigenvalue weighted by Gasteiger charge is 2.29. The van der Waals surface area contributed by atoms with Gasteiger partial charge in [-0.2, -0.15) is 0 Å². The average Bonchev–Trinajstić information content (AvgIpc) is 3.21. The molecule has 33 heavy (non-hydrogen) atoms. The van der Waals surface area contributed by atoms with E-state index in [0.29, 0.717) is 54.0 Å². The fourth-order valence-electron chi connectivity index (χ4n) is 4.47. The van der Waals surface area contributed by atoms with Gasteiger partial charge in [-0.15, -0.1) is 0 Å². The van der Waals surface area contributed by atoms with Crippen molar-refractivity contribution in [3.05, 3.63) is 76.7 Å². The molecular weight excluding hydrogens is 445 g/mol. The fraction of sp³-hybridized carbons (Fsp3) is 0.292. The molecule has 0 spiro atoms. The fourth-order valence-corrected chi connectivity index (χ4v) is 4.67. The summed E-state index contributed by atoms with van der Waals surface area (Å²) in [6, 6.07) is 9.06. The molecule has 1 unspecified atom stereocenters. The molecule has 1 saturated heterocycles. The van der Waals surface area contributed by atoms with Crippen LogP contribution >= 0.6 is 11.6 Å². The lowest BCUT2D eigenvalue weighted by atomic mass is 10.0. The Labute approximate surface area is 194 Å². The molecule has 0 aliphatic carbocycles. The van der Waals surface area contributed by atoms with Crippen LogP contribution < -0.4 is 4.90 Å². The highest BCUT2D eigenvalue weighted by molar-refractivity contribution is 6.30. The van der Waals surface area contributed by atoms with E-state index < -0.39 is 0 Å². The second kappa shape index (κ2) is 8.37. The molecule has 0 saturated carbocycles. The number of hydrogen-bond acceptors (Lipinski definition) is 6. The molecule has 1 atom stereocenters. The van der Waals surface area contributed by atoms with E-state index in [0.717, 1.165) is 30.0 Å². The standard InChI is InChI=1S/C24H21ClFN5O2/c25-17-3-1-2-15(10-17)23-22-20(4-7-33-23)29-21-11-19(26)18(14-31(21)22)16-12-27-24(28-13-16)30-5-8-32-9-6-30/h1-3,10-14,23H,4-9H2. The van der Waals surface area contributed by atoms with Crippen molar-refractivity contribution in [3.63, 3.8) is 0 Å². The van der Waals surface area contributed by atoms with Crippen molar-refractivity contribution in [3.8, 4) is 11.1 Å². The maximum atomic E-state index is 15.1. The SMILES string of the molecule is Fc1cc2nc3c(n2cc1-c1cnc(N2CCOCC2)nc1)C(c1cccc(Cl)c1)OCC3. The largest absolute Gasteiger partial charge is 0.378 e. The number of pyridine rings is 1. The van der Waals surface area contributed by atoms with Crippen LogP contribution in [0, 0.1) is 5.82 Å². The average molecular weight is 466 g/mol. The van der Waals surface area contributed by atoms with Crippen LogP contribution in [0.4, 0.5) is 10.3 Å². The van der Waals surface area contributed by atoms with Crippen LogP contribution in [0.15, 0.2) is 48.9 Å². The Hall–Kier alpha value is -3.07. The number of fused-ring (bicyclic) bond motifs is 3. The summed E-state index contributed by atoms with van der Waals surface area (Å²) in [7, 11) is 0. The first-order valence-corrected chi connectivity index (χ1v) is 11.3. The topological polar surface area (TPSA) is 64.8 Å². The van der Waals surface area contributed by atoms with Crippen LogP contribution in [0.1, 0.15) is 23.1 Å². The first-order chi connectivity index (χ1) is 16.2. The van der Waals surface area contributed by atoms with Crippen LogP contribution in [0.3, 0.4) is 0 Å². The van der Waals surface area contributed by atoms with Gasteiger partial charge in [-0.1, -0.05) is 23.7 Å². The maximum Gasteiger partial charge on any atom is 0.225 e. The van der Waals surface area contributed by atoms with Gasteiger partial charge in [0, 0.05) is 60.3 Å². The Bertz CT molecular complexity index is 1320. The third-order valence-corrected chi connectivity index (χ3v) is 6.32. The minimum absolute atomic E-state index is 0.333. The molecule has 0 N–H and O–H groups in total. The van der Waals surface area contributed by atoms with Crippen LogP contribution in [0.2, 0.25) is 5.02 Å². The molecule has 0 bridgehead atoms.